The number of pyridine rings is 1. The molecule has 0 saturated heterocycles. The third-order valence-corrected chi connectivity index (χ3v) is 3.76. The summed E-state index contributed by atoms with van der Waals surface area (Å²) in [5.74, 6) is -0.259. The van der Waals surface area contributed by atoms with Crippen LogP contribution >= 0.6 is 0 Å². The smallest absolute Gasteiger partial charge is 0.257 e. The highest BCUT2D eigenvalue weighted by molar-refractivity contribution is 5.60. The minimum absolute atomic E-state index is 0.0589. The molecule has 146 valence electrons. The molecule has 10 heteroatoms. The molecule has 28 heavy (non-hydrogen) atoms. The molecular formula is C18H12F6N4. The molecule has 0 atom stereocenters. The molecule has 2 heterocycles. The van der Waals surface area contributed by atoms with Gasteiger partial charge in [0, 0.05) is 11.8 Å². The van der Waals surface area contributed by atoms with Crippen molar-refractivity contribution in [1.29, 1.82) is 0 Å². The lowest BCUT2D eigenvalue weighted by Crippen LogP contribution is -2.11. The van der Waals surface area contributed by atoms with E-state index in [0.717, 1.165) is 0 Å². The van der Waals surface area contributed by atoms with Gasteiger partial charge >= 0.3 is 12.4 Å². The van der Waals surface area contributed by atoms with Crippen LogP contribution in [0.2, 0.25) is 0 Å². The van der Waals surface area contributed by atoms with Gasteiger partial charge in [0.15, 0.2) is 5.82 Å². The summed E-state index contributed by atoms with van der Waals surface area (Å²) in [4.78, 5) is 7.94. The lowest BCUT2D eigenvalue weighted by Gasteiger charge is -2.13. The zero-order chi connectivity index (χ0) is 20.5. The highest BCUT2D eigenvalue weighted by Gasteiger charge is 2.37. The van der Waals surface area contributed by atoms with E-state index in [9.17, 15) is 26.3 Å². The Balaban J connectivity index is 1.93. The molecule has 0 saturated carbocycles. The summed E-state index contributed by atoms with van der Waals surface area (Å²) in [5.41, 5.74) is -2.10. The summed E-state index contributed by atoms with van der Waals surface area (Å²) >= 11 is 0. The molecule has 0 amide bonds. The molecule has 0 aliphatic heterocycles. The van der Waals surface area contributed by atoms with E-state index < -0.39 is 23.5 Å². The quantitative estimate of drug-likeness (QED) is 0.575. The predicted molar refractivity (Wildman–Crippen MR) is 88.7 cm³/mol. The molecular weight excluding hydrogens is 386 g/mol. The Kier molecular flexibility index (Phi) is 4.97. The number of rotatable bonds is 4. The van der Waals surface area contributed by atoms with Gasteiger partial charge < -0.3 is 0 Å². The predicted octanol–water partition coefficient (Wildman–Crippen LogP) is 5.09. The van der Waals surface area contributed by atoms with Crippen LogP contribution < -0.4 is 0 Å². The van der Waals surface area contributed by atoms with Crippen molar-refractivity contribution in [2.24, 2.45) is 0 Å². The summed E-state index contributed by atoms with van der Waals surface area (Å²) in [6.45, 7) is 3.97. The average molecular weight is 398 g/mol. The number of hydrogen-bond donors (Lipinski definition) is 0. The zero-order valence-electron chi connectivity index (χ0n) is 14.1. The molecule has 3 rings (SSSR count). The monoisotopic (exact) mass is 398 g/mol. The van der Waals surface area contributed by atoms with Crippen molar-refractivity contribution in [1.82, 2.24) is 19.7 Å². The molecule has 2 aromatic heterocycles. The molecule has 0 fully saturated rings. The number of allylic oxidation sites excluding steroid dienone is 1. The van der Waals surface area contributed by atoms with Gasteiger partial charge in [0.25, 0.3) is 0 Å². The maximum Gasteiger partial charge on any atom is 0.416 e. The number of hydrogen-bond acceptors (Lipinski definition) is 3. The highest BCUT2D eigenvalue weighted by Crippen LogP contribution is 2.38. The van der Waals surface area contributed by atoms with Crippen LogP contribution in [0, 0.1) is 0 Å². The van der Waals surface area contributed by atoms with Crippen molar-refractivity contribution >= 4 is 5.57 Å². The van der Waals surface area contributed by atoms with Crippen molar-refractivity contribution in [3.8, 4) is 11.4 Å². The number of aromatic nitrogens is 4. The number of benzene rings is 1. The second-order valence-electron chi connectivity index (χ2n) is 5.88. The van der Waals surface area contributed by atoms with Gasteiger partial charge in [0.2, 0.25) is 0 Å². The Hall–Kier alpha value is -3.17. The van der Waals surface area contributed by atoms with Crippen LogP contribution in [0.15, 0.2) is 55.5 Å². The fourth-order valence-corrected chi connectivity index (χ4v) is 2.44. The molecule has 0 N–H and O–H groups in total. The second kappa shape index (κ2) is 7.10. The van der Waals surface area contributed by atoms with E-state index >= 15 is 0 Å². The van der Waals surface area contributed by atoms with Gasteiger partial charge in [-0.05, 0) is 35.9 Å². The summed E-state index contributed by atoms with van der Waals surface area (Å²) in [6, 6.07) is 6.41. The molecule has 4 nitrogen and oxygen atoms in total. The van der Waals surface area contributed by atoms with E-state index in [1.165, 1.54) is 11.0 Å². The third kappa shape index (κ3) is 4.38. The molecule has 0 aliphatic carbocycles. The average Bonchev–Trinajstić information content (AvgIpc) is 3.09. The van der Waals surface area contributed by atoms with Crippen molar-refractivity contribution < 1.29 is 26.3 Å². The molecule has 0 spiro atoms. The molecule has 1 aromatic carbocycles. The Bertz CT molecular complexity index is 957. The van der Waals surface area contributed by atoms with E-state index in [-0.39, 0.29) is 24.0 Å². The Morgan fingerprint density at radius 3 is 2.11 bits per heavy atom. The van der Waals surface area contributed by atoms with Crippen LogP contribution in [-0.2, 0) is 18.9 Å². The topological polar surface area (TPSA) is 43.6 Å². The molecule has 0 bridgehead atoms. The maximum atomic E-state index is 13.0. The van der Waals surface area contributed by atoms with Crippen LogP contribution in [0.25, 0.3) is 17.0 Å². The van der Waals surface area contributed by atoms with E-state index in [4.69, 9.17) is 0 Å². The third-order valence-electron chi connectivity index (χ3n) is 3.76. The van der Waals surface area contributed by atoms with Gasteiger partial charge in [0.1, 0.15) is 6.33 Å². The molecule has 3 aromatic rings. The van der Waals surface area contributed by atoms with Gasteiger partial charge in [0.05, 0.1) is 23.4 Å². The first kappa shape index (κ1) is 19.6. The normalized spacial score (nSPS) is 12.2. The van der Waals surface area contributed by atoms with Crippen LogP contribution in [-0.4, -0.2) is 19.7 Å². The molecule has 0 unspecified atom stereocenters. The van der Waals surface area contributed by atoms with Crippen LogP contribution in [0.4, 0.5) is 26.3 Å². The van der Waals surface area contributed by atoms with Gasteiger partial charge in [-0.2, -0.15) is 31.4 Å². The standard InChI is InChI=1S/C18H12F6N4/c1-11(15-4-2-3-5-25-15)9-28-10-26-16(27-28)12-6-13(17(19,20)21)8-14(7-12)18(22,23)24/h2-8,10H,1,9H2. The summed E-state index contributed by atoms with van der Waals surface area (Å²) in [7, 11) is 0. The van der Waals surface area contributed by atoms with Crippen molar-refractivity contribution in [2.75, 3.05) is 0 Å². The van der Waals surface area contributed by atoms with E-state index in [1.54, 1.807) is 24.4 Å². The second-order valence-corrected chi connectivity index (χ2v) is 5.88. The SMILES string of the molecule is C=C(Cn1cnc(-c2cc(C(F)(F)F)cc(C(F)(F)F)c2)n1)c1ccccn1. The summed E-state index contributed by atoms with van der Waals surface area (Å²) < 4.78 is 79.2. The minimum atomic E-state index is -4.94. The molecule has 0 radical (unpaired) electrons. The zero-order valence-corrected chi connectivity index (χ0v) is 14.1. The first-order valence-electron chi connectivity index (χ1n) is 7.82. The van der Waals surface area contributed by atoms with Crippen molar-refractivity contribution in [2.45, 2.75) is 18.9 Å². The maximum absolute atomic E-state index is 13.0. The fraction of sp³-hybridized carbons (Fsp3) is 0.167. The van der Waals surface area contributed by atoms with Gasteiger partial charge in [-0.15, -0.1) is 0 Å². The van der Waals surface area contributed by atoms with Gasteiger partial charge in [-0.25, -0.2) is 9.67 Å². The van der Waals surface area contributed by atoms with Crippen molar-refractivity contribution in [3.05, 3.63) is 72.3 Å². The largest absolute Gasteiger partial charge is 0.416 e. The Labute approximate surface area is 155 Å². The van der Waals surface area contributed by atoms with Crippen LogP contribution in [0.1, 0.15) is 16.8 Å². The van der Waals surface area contributed by atoms with E-state index in [2.05, 4.69) is 21.6 Å². The molecule has 0 aliphatic rings. The fourth-order valence-electron chi connectivity index (χ4n) is 2.44. The first-order valence-corrected chi connectivity index (χ1v) is 7.82. The van der Waals surface area contributed by atoms with Crippen molar-refractivity contribution in [3.63, 3.8) is 0 Å². The number of alkyl halides is 6. The lowest BCUT2D eigenvalue weighted by molar-refractivity contribution is -0.143. The highest BCUT2D eigenvalue weighted by atomic mass is 19.4. The first-order chi connectivity index (χ1) is 13.0. The lowest BCUT2D eigenvalue weighted by atomic mass is 10.0. The van der Waals surface area contributed by atoms with Crippen LogP contribution in [0.3, 0.4) is 0 Å². The number of nitrogens with zero attached hydrogens (tertiary/aromatic N) is 4. The minimum Gasteiger partial charge on any atom is -0.257 e. The summed E-state index contributed by atoms with van der Waals surface area (Å²) in [5, 5.41) is 3.97. The van der Waals surface area contributed by atoms with Gasteiger partial charge in [-0.1, -0.05) is 12.6 Å². The van der Waals surface area contributed by atoms with Gasteiger partial charge in [-0.3, -0.25) is 4.98 Å². The number of halogens is 6. The van der Waals surface area contributed by atoms with Crippen LogP contribution in [0.5, 0.6) is 0 Å². The Morgan fingerprint density at radius 2 is 1.57 bits per heavy atom. The Morgan fingerprint density at radius 1 is 0.929 bits per heavy atom. The summed E-state index contributed by atoms with van der Waals surface area (Å²) in [6.07, 6.45) is -7.11. The van der Waals surface area contributed by atoms with E-state index in [1.807, 2.05) is 0 Å². The van der Waals surface area contributed by atoms with E-state index in [0.29, 0.717) is 23.4 Å².